The number of aromatic nitrogens is 2. The van der Waals surface area contributed by atoms with E-state index in [1.165, 1.54) is 44.6 Å². The van der Waals surface area contributed by atoms with Crippen LogP contribution >= 0.6 is 0 Å². The van der Waals surface area contributed by atoms with Gasteiger partial charge in [-0.05, 0) is 30.7 Å². The lowest BCUT2D eigenvalue weighted by molar-refractivity contribution is -0.118. The van der Waals surface area contributed by atoms with Gasteiger partial charge in [0.15, 0.2) is 11.5 Å². The molecular weight excluding hydrogens is 398 g/mol. The van der Waals surface area contributed by atoms with Crippen LogP contribution in [0.1, 0.15) is 23.8 Å². The van der Waals surface area contributed by atoms with Crippen LogP contribution in [-0.4, -0.2) is 54.6 Å². The summed E-state index contributed by atoms with van der Waals surface area (Å²) in [6, 6.07) is 5.20. The van der Waals surface area contributed by atoms with Crippen molar-refractivity contribution in [3.63, 3.8) is 0 Å². The molecule has 1 heterocycles. The minimum absolute atomic E-state index is 0.0463. The van der Waals surface area contributed by atoms with Crippen LogP contribution in [0.3, 0.4) is 0 Å². The van der Waals surface area contributed by atoms with E-state index < -0.39 is 27.9 Å². The van der Waals surface area contributed by atoms with Crippen LogP contribution in [-0.2, 0) is 14.8 Å². The third-order valence-corrected chi connectivity index (χ3v) is 5.80. The molecule has 29 heavy (non-hydrogen) atoms. The molecule has 0 saturated heterocycles. The third kappa shape index (κ3) is 5.18. The summed E-state index contributed by atoms with van der Waals surface area (Å²) in [4.78, 5) is 31.4. The van der Waals surface area contributed by atoms with E-state index in [0.717, 1.165) is 4.31 Å². The van der Waals surface area contributed by atoms with Gasteiger partial charge in [0.05, 0.1) is 11.1 Å². The molecule has 1 aromatic heterocycles. The van der Waals surface area contributed by atoms with Gasteiger partial charge in [-0.3, -0.25) is 9.59 Å². The van der Waals surface area contributed by atoms with Crippen molar-refractivity contribution in [1.82, 2.24) is 14.3 Å². The van der Waals surface area contributed by atoms with Gasteiger partial charge in [-0.15, -0.1) is 0 Å². The fourth-order valence-corrected chi connectivity index (χ4v) is 3.24. The summed E-state index contributed by atoms with van der Waals surface area (Å²) >= 11 is 0. The van der Waals surface area contributed by atoms with Crippen molar-refractivity contribution >= 4 is 39.2 Å². The van der Waals surface area contributed by atoms with Gasteiger partial charge >= 0.3 is 0 Å². The van der Waals surface area contributed by atoms with E-state index in [-0.39, 0.29) is 22.2 Å². The number of hydrogen-bond donors (Lipinski definition) is 4. The predicted molar refractivity (Wildman–Crippen MR) is 108 cm³/mol. The average molecular weight is 421 g/mol. The van der Waals surface area contributed by atoms with Crippen LogP contribution in [0.5, 0.6) is 0 Å². The highest BCUT2D eigenvalue weighted by molar-refractivity contribution is 7.89. The highest BCUT2D eigenvalue weighted by Gasteiger charge is 2.19. The van der Waals surface area contributed by atoms with Gasteiger partial charge in [-0.1, -0.05) is 6.92 Å². The predicted octanol–water partition coefficient (Wildman–Crippen LogP) is 0.245. The van der Waals surface area contributed by atoms with Crippen LogP contribution in [0.15, 0.2) is 35.4 Å². The van der Waals surface area contributed by atoms with Crippen molar-refractivity contribution in [3.8, 4) is 0 Å². The first-order valence-corrected chi connectivity index (χ1v) is 10.0. The normalized spacial score (nSPS) is 12.4. The van der Waals surface area contributed by atoms with E-state index in [9.17, 15) is 18.0 Å². The van der Waals surface area contributed by atoms with Crippen molar-refractivity contribution in [3.05, 3.63) is 36.2 Å². The number of benzene rings is 1. The summed E-state index contributed by atoms with van der Waals surface area (Å²) in [6.07, 6.45) is 1.70. The molecule has 1 atom stereocenters. The molecule has 2 amide bonds. The highest BCUT2D eigenvalue weighted by Crippen LogP contribution is 2.22. The highest BCUT2D eigenvalue weighted by atomic mass is 32.2. The zero-order valence-electron chi connectivity index (χ0n) is 16.2. The molecule has 0 aliphatic heterocycles. The molecule has 0 radical (unpaired) electrons. The molecular formula is C17H23N7O4S. The smallest absolute Gasteiger partial charge is 0.271 e. The second-order valence-electron chi connectivity index (χ2n) is 6.26. The number of nitrogens with two attached hydrogens (primary N) is 2. The molecule has 12 heteroatoms. The maximum Gasteiger partial charge on any atom is 0.271 e. The molecule has 0 fully saturated rings. The maximum absolute atomic E-state index is 12.2. The number of rotatable bonds is 9. The number of nitrogens with zero attached hydrogens (tertiary/aromatic N) is 3. The quantitative estimate of drug-likeness (QED) is 0.445. The van der Waals surface area contributed by atoms with Crippen molar-refractivity contribution in [2.45, 2.75) is 24.3 Å². The number of anilines is 3. The zero-order valence-corrected chi connectivity index (χ0v) is 17.0. The van der Waals surface area contributed by atoms with E-state index in [1.807, 2.05) is 0 Å². The van der Waals surface area contributed by atoms with E-state index in [0.29, 0.717) is 12.1 Å². The van der Waals surface area contributed by atoms with Crippen molar-refractivity contribution in [2.75, 3.05) is 24.7 Å². The standard InChI is InChI=1S/C17H23N7O4S/c1-4-12(15(18)25)22-13-9-20-14(16(19)26)17(23-13)21-10-5-7-11(8-6-10)29(27,28)24(2)3/h5-9,12H,4H2,1-3H3,(H2,18,25)(H2,19,26)(H2,21,22,23)/t12-/m1/s1. The summed E-state index contributed by atoms with van der Waals surface area (Å²) in [6.45, 7) is 1.77. The Hall–Kier alpha value is -3.25. The van der Waals surface area contributed by atoms with Crippen molar-refractivity contribution in [2.24, 2.45) is 11.5 Å². The SMILES string of the molecule is CC[C@@H](Nc1cnc(C(N)=O)c(Nc2ccc(S(=O)(=O)N(C)C)cc2)n1)C(N)=O. The van der Waals surface area contributed by atoms with Crippen LogP contribution < -0.4 is 22.1 Å². The van der Waals surface area contributed by atoms with Crippen molar-refractivity contribution in [1.29, 1.82) is 0 Å². The number of hydrogen-bond acceptors (Lipinski definition) is 8. The summed E-state index contributed by atoms with van der Waals surface area (Å²) in [5.74, 6) is -1.10. The molecule has 11 nitrogen and oxygen atoms in total. The lowest BCUT2D eigenvalue weighted by Crippen LogP contribution is -2.35. The lowest BCUT2D eigenvalue weighted by Gasteiger charge is -2.16. The van der Waals surface area contributed by atoms with Crippen LogP contribution in [0.4, 0.5) is 17.3 Å². The Morgan fingerprint density at radius 3 is 2.28 bits per heavy atom. The lowest BCUT2D eigenvalue weighted by atomic mass is 10.2. The average Bonchev–Trinajstić information content (AvgIpc) is 2.66. The molecule has 2 rings (SSSR count). The number of nitrogens with one attached hydrogen (secondary N) is 2. The fraction of sp³-hybridized carbons (Fsp3) is 0.294. The van der Waals surface area contributed by atoms with Gasteiger partial charge in [0.1, 0.15) is 11.9 Å². The molecule has 0 saturated carbocycles. The Balaban J connectivity index is 2.34. The molecule has 0 aliphatic rings. The van der Waals surface area contributed by atoms with Gasteiger partial charge in [-0.25, -0.2) is 22.7 Å². The number of sulfonamides is 1. The molecule has 0 unspecified atom stereocenters. The summed E-state index contributed by atoms with van der Waals surface area (Å²) in [7, 11) is -0.700. The Morgan fingerprint density at radius 2 is 1.79 bits per heavy atom. The number of primary amides is 2. The maximum atomic E-state index is 12.2. The summed E-state index contributed by atoms with van der Waals surface area (Å²) in [5, 5.41) is 5.72. The van der Waals surface area contributed by atoms with Gasteiger partial charge in [0.2, 0.25) is 15.9 Å². The second-order valence-corrected chi connectivity index (χ2v) is 8.41. The van der Waals surface area contributed by atoms with Crippen LogP contribution in [0.2, 0.25) is 0 Å². The Kier molecular flexibility index (Phi) is 6.72. The first kappa shape index (κ1) is 22.0. The number of amides is 2. The van der Waals surface area contributed by atoms with Crippen LogP contribution in [0, 0.1) is 0 Å². The summed E-state index contributed by atoms with van der Waals surface area (Å²) < 4.78 is 25.4. The molecule has 156 valence electrons. The molecule has 6 N–H and O–H groups in total. The van der Waals surface area contributed by atoms with Gasteiger partial charge in [-0.2, -0.15) is 0 Å². The van der Waals surface area contributed by atoms with Crippen LogP contribution in [0.25, 0.3) is 0 Å². The Labute approximate surface area is 168 Å². The van der Waals surface area contributed by atoms with Gasteiger partial charge in [0.25, 0.3) is 5.91 Å². The monoisotopic (exact) mass is 421 g/mol. The largest absolute Gasteiger partial charge is 0.368 e. The minimum Gasteiger partial charge on any atom is -0.368 e. The van der Waals surface area contributed by atoms with E-state index in [1.54, 1.807) is 6.92 Å². The van der Waals surface area contributed by atoms with Gasteiger partial charge < -0.3 is 22.1 Å². The Morgan fingerprint density at radius 1 is 1.17 bits per heavy atom. The molecule has 0 bridgehead atoms. The minimum atomic E-state index is -3.57. The first-order valence-electron chi connectivity index (χ1n) is 8.58. The zero-order chi connectivity index (χ0) is 21.8. The van der Waals surface area contributed by atoms with Crippen molar-refractivity contribution < 1.29 is 18.0 Å². The number of carbonyl (C=O) groups excluding carboxylic acids is 2. The van der Waals surface area contributed by atoms with E-state index >= 15 is 0 Å². The first-order chi connectivity index (χ1) is 13.6. The molecule has 2 aromatic rings. The van der Waals surface area contributed by atoms with E-state index in [2.05, 4.69) is 20.6 Å². The number of carbonyl (C=O) groups is 2. The summed E-state index contributed by atoms with van der Waals surface area (Å²) in [5.41, 5.74) is 11.0. The topological polar surface area (TPSA) is 173 Å². The molecule has 1 aromatic carbocycles. The third-order valence-electron chi connectivity index (χ3n) is 3.98. The molecule has 0 aliphatic carbocycles. The molecule has 0 spiro atoms. The Bertz CT molecular complexity index is 1010. The fourth-order valence-electron chi connectivity index (χ4n) is 2.34. The van der Waals surface area contributed by atoms with E-state index in [4.69, 9.17) is 11.5 Å². The van der Waals surface area contributed by atoms with Gasteiger partial charge in [0, 0.05) is 19.8 Å². The second kappa shape index (κ2) is 8.84.